The molecule has 0 unspecified atom stereocenters. The molecular formula is C20H24N2O3S. The van der Waals surface area contributed by atoms with Crippen molar-refractivity contribution in [1.82, 2.24) is 0 Å². The van der Waals surface area contributed by atoms with Crippen molar-refractivity contribution >= 4 is 33.8 Å². The summed E-state index contributed by atoms with van der Waals surface area (Å²) in [5, 5.41) is 6.56. The summed E-state index contributed by atoms with van der Waals surface area (Å²) < 4.78 is 5.15. The van der Waals surface area contributed by atoms with E-state index >= 15 is 0 Å². The Labute approximate surface area is 157 Å². The summed E-state index contributed by atoms with van der Waals surface area (Å²) in [5.41, 5.74) is 2.44. The predicted octanol–water partition coefficient (Wildman–Crippen LogP) is 4.63. The van der Waals surface area contributed by atoms with E-state index < -0.39 is 0 Å². The van der Waals surface area contributed by atoms with Gasteiger partial charge in [-0.15, -0.1) is 11.3 Å². The number of hydrogen-bond donors (Lipinski definition) is 2. The summed E-state index contributed by atoms with van der Waals surface area (Å²) in [6.07, 6.45) is 5.64. The molecule has 1 heterocycles. The summed E-state index contributed by atoms with van der Waals surface area (Å²) in [4.78, 5) is 26.2. The minimum Gasteiger partial charge on any atom is -0.497 e. The minimum absolute atomic E-state index is 0.0695. The lowest BCUT2D eigenvalue weighted by molar-refractivity contribution is -0.115. The number of carbonyl (C=O) groups is 2. The Hall–Kier alpha value is -2.34. The van der Waals surface area contributed by atoms with Crippen LogP contribution in [0.3, 0.4) is 0 Å². The number of fused-ring (bicyclic) bond motifs is 1. The first kappa shape index (κ1) is 18.5. The number of carbonyl (C=O) groups excluding carboxylic acids is 2. The van der Waals surface area contributed by atoms with E-state index in [0.29, 0.717) is 22.7 Å². The van der Waals surface area contributed by atoms with Gasteiger partial charge < -0.3 is 15.4 Å². The van der Waals surface area contributed by atoms with Crippen molar-refractivity contribution in [3.8, 4) is 5.75 Å². The molecule has 2 N–H and O–H groups in total. The standard InChI is InChI=1S/C20H24N2O3S/c1-3-17(23)22-20-18(15-7-5-4-6-8-16(15)26-20)19(24)21-13-9-11-14(25-2)12-10-13/h9-12H,3-8H2,1-2H3,(H,21,24)(H,22,23). The zero-order valence-electron chi connectivity index (χ0n) is 15.2. The maximum atomic E-state index is 13.0. The zero-order chi connectivity index (χ0) is 18.5. The SMILES string of the molecule is CCC(=O)Nc1sc2c(c1C(=O)Nc1ccc(OC)cc1)CCCCC2. The van der Waals surface area contributed by atoms with Gasteiger partial charge in [-0.05, 0) is 55.5 Å². The highest BCUT2D eigenvalue weighted by atomic mass is 32.1. The number of amides is 2. The second-order valence-electron chi connectivity index (χ2n) is 6.35. The summed E-state index contributed by atoms with van der Waals surface area (Å²) >= 11 is 1.55. The summed E-state index contributed by atoms with van der Waals surface area (Å²) in [6, 6.07) is 7.24. The number of methoxy groups -OCH3 is 1. The normalized spacial score (nSPS) is 13.5. The second-order valence-corrected chi connectivity index (χ2v) is 7.46. The third-order valence-corrected chi connectivity index (χ3v) is 5.78. The molecule has 0 saturated carbocycles. The molecule has 0 atom stereocenters. The molecule has 1 aliphatic carbocycles. The Morgan fingerprint density at radius 1 is 1.08 bits per heavy atom. The molecule has 2 aromatic rings. The van der Waals surface area contributed by atoms with Gasteiger partial charge in [-0.3, -0.25) is 9.59 Å². The van der Waals surface area contributed by atoms with Crippen LogP contribution in [0.2, 0.25) is 0 Å². The molecule has 5 nitrogen and oxygen atoms in total. The molecule has 1 aromatic carbocycles. The first-order chi connectivity index (χ1) is 12.6. The number of benzene rings is 1. The average Bonchev–Trinajstić information content (AvgIpc) is 2.82. The van der Waals surface area contributed by atoms with Crippen LogP contribution in [-0.4, -0.2) is 18.9 Å². The Balaban J connectivity index is 1.90. The van der Waals surface area contributed by atoms with Crippen LogP contribution in [0, 0.1) is 0 Å². The second kappa shape index (κ2) is 8.36. The van der Waals surface area contributed by atoms with Gasteiger partial charge in [0.05, 0.1) is 12.7 Å². The molecule has 3 rings (SSSR count). The number of rotatable bonds is 5. The van der Waals surface area contributed by atoms with E-state index in [0.717, 1.165) is 37.0 Å². The van der Waals surface area contributed by atoms with Gasteiger partial charge in [0.25, 0.3) is 5.91 Å². The molecule has 2 amide bonds. The molecule has 1 aromatic heterocycles. The predicted molar refractivity (Wildman–Crippen MR) is 105 cm³/mol. The van der Waals surface area contributed by atoms with Crippen LogP contribution in [0.5, 0.6) is 5.75 Å². The topological polar surface area (TPSA) is 67.4 Å². The molecule has 0 bridgehead atoms. The highest BCUT2D eigenvalue weighted by Gasteiger charge is 2.25. The fourth-order valence-corrected chi connectivity index (χ4v) is 4.46. The van der Waals surface area contributed by atoms with Gasteiger partial charge in [0.15, 0.2) is 0 Å². The Morgan fingerprint density at radius 2 is 1.81 bits per heavy atom. The highest BCUT2D eigenvalue weighted by molar-refractivity contribution is 7.17. The van der Waals surface area contributed by atoms with Crippen molar-refractivity contribution in [2.45, 2.75) is 45.4 Å². The number of aryl methyl sites for hydroxylation is 1. The molecular weight excluding hydrogens is 348 g/mol. The van der Waals surface area contributed by atoms with E-state index in [1.165, 1.54) is 11.3 Å². The maximum Gasteiger partial charge on any atom is 0.258 e. The van der Waals surface area contributed by atoms with Crippen molar-refractivity contribution in [3.05, 3.63) is 40.3 Å². The van der Waals surface area contributed by atoms with Gasteiger partial charge in [0.2, 0.25) is 5.91 Å². The molecule has 0 fully saturated rings. The fourth-order valence-electron chi connectivity index (χ4n) is 3.15. The third-order valence-electron chi connectivity index (χ3n) is 4.57. The third kappa shape index (κ3) is 4.07. The Morgan fingerprint density at radius 3 is 2.50 bits per heavy atom. The highest BCUT2D eigenvalue weighted by Crippen LogP contribution is 2.38. The fraction of sp³-hybridized carbons (Fsp3) is 0.400. The van der Waals surface area contributed by atoms with E-state index in [-0.39, 0.29) is 11.8 Å². The van der Waals surface area contributed by atoms with Crippen molar-refractivity contribution in [2.75, 3.05) is 17.7 Å². The molecule has 0 radical (unpaired) electrons. The monoisotopic (exact) mass is 372 g/mol. The van der Waals surface area contributed by atoms with Crippen LogP contribution in [0.1, 0.15) is 53.4 Å². The van der Waals surface area contributed by atoms with Crippen LogP contribution < -0.4 is 15.4 Å². The summed E-state index contributed by atoms with van der Waals surface area (Å²) in [5.74, 6) is 0.504. The van der Waals surface area contributed by atoms with Crippen LogP contribution in [0.4, 0.5) is 10.7 Å². The lowest BCUT2D eigenvalue weighted by Gasteiger charge is -2.10. The van der Waals surface area contributed by atoms with Gasteiger partial charge in [-0.2, -0.15) is 0 Å². The number of hydrogen-bond acceptors (Lipinski definition) is 4. The van der Waals surface area contributed by atoms with Gasteiger partial charge in [0, 0.05) is 17.0 Å². The largest absolute Gasteiger partial charge is 0.497 e. The number of ether oxygens (including phenoxy) is 1. The quantitative estimate of drug-likeness (QED) is 0.752. The molecule has 0 aliphatic heterocycles. The van der Waals surface area contributed by atoms with Crippen LogP contribution >= 0.6 is 11.3 Å². The molecule has 0 saturated heterocycles. The van der Waals surface area contributed by atoms with Crippen LogP contribution in [0.15, 0.2) is 24.3 Å². The molecule has 6 heteroatoms. The molecule has 1 aliphatic rings. The number of thiophene rings is 1. The first-order valence-corrected chi connectivity index (χ1v) is 9.83. The van der Waals surface area contributed by atoms with Gasteiger partial charge in [-0.25, -0.2) is 0 Å². The van der Waals surface area contributed by atoms with E-state index in [1.807, 2.05) is 31.2 Å². The maximum absolute atomic E-state index is 13.0. The van der Waals surface area contributed by atoms with Crippen molar-refractivity contribution in [1.29, 1.82) is 0 Å². The van der Waals surface area contributed by atoms with Crippen molar-refractivity contribution in [3.63, 3.8) is 0 Å². The Bertz CT molecular complexity index is 796. The van der Waals surface area contributed by atoms with Gasteiger partial charge in [-0.1, -0.05) is 13.3 Å². The van der Waals surface area contributed by atoms with Crippen molar-refractivity contribution < 1.29 is 14.3 Å². The average molecular weight is 372 g/mol. The molecule has 0 spiro atoms. The van der Waals surface area contributed by atoms with Crippen LogP contribution in [0.25, 0.3) is 0 Å². The van der Waals surface area contributed by atoms with Gasteiger partial charge >= 0.3 is 0 Å². The minimum atomic E-state index is -0.166. The lowest BCUT2D eigenvalue weighted by Crippen LogP contribution is -2.17. The number of nitrogens with one attached hydrogen (secondary N) is 2. The van der Waals surface area contributed by atoms with Crippen LogP contribution in [-0.2, 0) is 17.6 Å². The summed E-state index contributed by atoms with van der Waals surface area (Å²) in [7, 11) is 1.61. The summed E-state index contributed by atoms with van der Waals surface area (Å²) in [6.45, 7) is 1.81. The van der Waals surface area contributed by atoms with E-state index in [1.54, 1.807) is 18.4 Å². The van der Waals surface area contributed by atoms with E-state index in [9.17, 15) is 9.59 Å². The molecule has 26 heavy (non-hydrogen) atoms. The number of anilines is 2. The van der Waals surface area contributed by atoms with Crippen molar-refractivity contribution in [2.24, 2.45) is 0 Å². The molecule has 138 valence electrons. The van der Waals surface area contributed by atoms with E-state index in [2.05, 4.69) is 10.6 Å². The smallest absolute Gasteiger partial charge is 0.258 e. The zero-order valence-corrected chi connectivity index (χ0v) is 16.0. The lowest BCUT2D eigenvalue weighted by atomic mass is 10.0. The van der Waals surface area contributed by atoms with Gasteiger partial charge in [0.1, 0.15) is 10.8 Å². The van der Waals surface area contributed by atoms with E-state index in [4.69, 9.17) is 4.74 Å². The first-order valence-electron chi connectivity index (χ1n) is 9.02. The Kier molecular flexibility index (Phi) is 5.93.